The fourth-order valence-electron chi connectivity index (χ4n) is 3.85. The Morgan fingerprint density at radius 2 is 1.91 bits per heavy atom. The molecule has 3 heterocycles. The maximum absolute atomic E-state index is 14.5. The molecule has 1 N–H and O–H groups in total. The van der Waals surface area contributed by atoms with Crippen LogP contribution in [0.5, 0.6) is 0 Å². The lowest BCUT2D eigenvalue weighted by molar-refractivity contribution is 0.0205. The highest BCUT2D eigenvalue weighted by atomic mass is 32.2. The summed E-state index contributed by atoms with van der Waals surface area (Å²) in [4.78, 5) is 22.5. The van der Waals surface area contributed by atoms with Crippen LogP contribution in [0.2, 0.25) is 0 Å². The van der Waals surface area contributed by atoms with Crippen LogP contribution in [-0.2, 0) is 14.6 Å². The van der Waals surface area contributed by atoms with Crippen LogP contribution in [0, 0.1) is 5.82 Å². The van der Waals surface area contributed by atoms with Gasteiger partial charge in [0.15, 0.2) is 15.5 Å². The standard InChI is InChI=1S/C22H27FN6O4S/c1-22(2,3)33-21(30)28-9-7-14(8-10-28)16-12-26-29-19(16)24-13-25-20(29)27-18-6-5-15(11-17(18)23)34(4,31)32/h5-6,11-14H,7-10H2,1-4H3,(H,24,25,27). The minimum Gasteiger partial charge on any atom is -0.444 e. The third-order valence-corrected chi connectivity index (χ3v) is 6.64. The van der Waals surface area contributed by atoms with Crippen molar-refractivity contribution in [3.05, 3.63) is 42.1 Å². The van der Waals surface area contributed by atoms with Crippen LogP contribution in [0.15, 0.2) is 35.6 Å². The van der Waals surface area contributed by atoms with Gasteiger partial charge in [0.25, 0.3) is 0 Å². The van der Waals surface area contributed by atoms with E-state index in [2.05, 4.69) is 20.4 Å². The van der Waals surface area contributed by atoms with Crippen molar-refractivity contribution in [2.24, 2.45) is 0 Å². The third kappa shape index (κ3) is 5.11. The summed E-state index contributed by atoms with van der Waals surface area (Å²) in [5, 5.41) is 7.25. The van der Waals surface area contributed by atoms with Gasteiger partial charge in [-0.3, -0.25) is 0 Å². The second kappa shape index (κ2) is 8.82. The first kappa shape index (κ1) is 23.9. The molecule has 1 fully saturated rings. The zero-order chi connectivity index (χ0) is 24.7. The van der Waals surface area contributed by atoms with E-state index in [1.54, 1.807) is 11.1 Å². The van der Waals surface area contributed by atoms with Crippen molar-refractivity contribution in [3.8, 4) is 0 Å². The number of ether oxygens (including phenoxy) is 1. The zero-order valence-corrected chi connectivity index (χ0v) is 20.3. The van der Waals surface area contributed by atoms with Crippen molar-refractivity contribution in [3.63, 3.8) is 0 Å². The number of benzene rings is 1. The summed E-state index contributed by atoms with van der Waals surface area (Å²) in [7, 11) is -3.52. The molecular weight excluding hydrogens is 463 g/mol. The Labute approximate surface area is 197 Å². The van der Waals surface area contributed by atoms with E-state index in [0.29, 0.717) is 18.7 Å². The normalized spacial score (nSPS) is 15.5. The van der Waals surface area contributed by atoms with Gasteiger partial charge in [0.2, 0.25) is 5.95 Å². The Morgan fingerprint density at radius 1 is 1.21 bits per heavy atom. The molecule has 1 aliphatic heterocycles. The van der Waals surface area contributed by atoms with Gasteiger partial charge in [0.05, 0.1) is 16.8 Å². The highest BCUT2D eigenvalue weighted by Crippen LogP contribution is 2.32. The first-order chi connectivity index (χ1) is 15.9. The van der Waals surface area contributed by atoms with Crippen LogP contribution >= 0.6 is 0 Å². The van der Waals surface area contributed by atoms with Gasteiger partial charge in [-0.1, -0.05) is 0 Å². The molecule has 2 aromatic heterocycles. The number of nitrogens with zero attached hydrogens (tertiary/aromatic N) is 5. The zero-order valence-electron chi connectivity index (χ0n) is 19.4. The number of hydrogen-bond donors (Lipinski definition) is 1. The van der Waals surface area contributed by atoms with Crippen molar-refractivity contribution in [1.82, 2.24) is 24.5 Å². The maximum atomic E-state index is 14.5. The Hall–Kier alpha value is -3.28. The van der Waals surface area contributed by atoms with Crippen LogP contribution in [0.3, 0.4) is 0 Å². The lowest BCUT2D eigenvalue weighted by Crippen LogP contribution is -2.41. The van der Waals surface area contributed by atoms with E-state index >= 15 is 0 Å². The SMILES string of the molecule is CC(C)(C)OC(=O)N1CCC(c2cnn3c(Nc4ccc(S(C)(=O)=O)cc4F)ncnc23)CC1. The smallest absolute Gasteiger partial charge is 0.410 e. The summed E-state index contributed by atoms with van der Waals surface area (Å²) in [5.74, 6) is -0.338. The Bertz CT molecular complexity index is 1330. The summed E-state index contributed by atoms with van der Waals surface area (Å²) in [6.07, 6.45) is 5.24. The summed E-state index contributed by atoms with van der Waals surface area (Å²) < 4.78 is 44.8. The molecule has 0 spiro atoms. The number of carbonyl (C=O) groups excluding carboxylic acids is 1. The number of carbonyl (C=O) groups is 1. The van der Waals surface area contributed by atoms with Crippen LogP contribution in [0.25, 0.3) is 5.65 Å². The quantitative estimate of drug-likeness (QED) is 0.590. The number of rotatable bonds is 4. The summed E-state index contributed by atoms with van der Waals surface area (Å²) >= 11 is 0. The van der Waals surface area contributed by atoms with E-state index in [0.717, 1.165) is 30.7 Å². The predicted molar refractivity (Wildman–Crippen MR) is 123 cm³/mol. The Morgan fingerprint density at radius 3 is 2.53 bits per heavy atom. The predicted octanol–water partition coefficient (Wildman–Crippen LogP) is 3.53. The minimum absolute atomic E-state index is 0.0649. The fourth-order valence-corrected chi connectivity index (χ4v) is 4.49. The second-order valence-corrected chi connectivity index (χ2v) is 11.3. The number of halogens is 1. The fraction of sp³-hybridized carbons (Fsp3) is 0.455. The van der Waals surface area contributed by atoms with E-state index in [1.165, 1.54) is 23.0 Å². The molecule has 0 radical (unpaired) electrons. The molecule has 34 heavy (non-hydrogen) atoms. The topological polar surface area (TPSA) is 119 Å². The van der Waals surface area contributed by atoms with Crippen molar-refractivity contribution in [2.75, 3.05) is 24.7 Å². The van der Waals surface area contributed by atoms with Gasteiger partial charge in [0, 0.05) is 24.9 Å². The minimum atomic E-state index is -3.52. The molecule has 0 atom stereocenters. The number of hydrogen-bond acceptors (Lipinski definition) is 8. The molecule has 1 aromatic carbocycles. The summed E-state index contributed by atoms with van der Waals surface area (Å²) in [5.41, 5.74) is 1.03. The molecule has 0 saturated carbocycles. The van der Waals surface area contributed by atoms with E-state index in [-0.39, 0.29) is 28.5 Å². The monoisotopic (exact) mass is 490 g/mol. The molecular formula is C22H27FN6O4S. The van der Waals surface area contributed by atoms with Gasteiger partial charge in [-0.05, 0) is 57.7 Å². The number of piperidine rings is 1. The third-order valence-electron chi connectivity index (χ3n) is 5.53. The van der Waals surface area contributed by atoms with Crippen LogP contribution in [0.4, 0.5) is 20.8 Å². The van der Waals surface area contributed by atoms with Crippen LogP contribution in [0.1, 0.15) is 45.1 Å². The highest BCUT2D eigenvalue weighted by Gasteiger charge is 2.29. The Kier molecular flexibility index (Phi) is 6.19. The van der Waals surface area contributed by atoms with Gasteiger partial charge in [0.1, 0.15) is 17.7 Å². The first-order valence-corrected chi connectivity index (χ1v) is 12.7. The number of anilines is 2. The van der Waals surface area contributed by atoms with Crippen molar-refractivity contribution in [1.29, 1.82) is 0 Å². The summed E-state index contributed by atoms with van der Waals surface area (Å²) in [6, 6.07) is 3.63. The number of nitrogens with one attached hydrogen (secondary N) is 1. The number of likely N-dealkylation sites (tertiary alicyclic amines) is 1. The second-order valence-electron chi connectivity index (χ2n) is 9.31. The number of aromatic nitrogens is 4. The number of fused-ring (bicyclic) bond motifs is 1. The molecule has 1 aliphatic rings. The highest BCUT2D eigenvalue weighted by molar-refractivity contribution is 7.90. The van der Waals surface area contributed by atoms with Gasteiger partial charge in [-0.2, -0.15) is 9.61 Å². The van der Waals surface area contributed by atoms with E-state index in [4.69, 9.17) is 4.74 Å². The first-order valence-electron chi connectivity index (χ1n) is 10.9. The van der Waals surface area contributed by atoms with Crippen molar-refractivity contribution >= 4 is 33.2 Å². The van der Waals surface area contributed by atoms with Crippen molar-refractivity contribution in [2.45, 2.75) is 50.0 Å². The van der Waals surface area contributed by atoms with Crippen molar-refractivity contribution < 1.29 is 22.3 Å². The largest absolute Gasteiger partial charge is 0.444 e. The number of amides is 1. The lowest BCUT2D eigenvalue weighted by atomic mass is 9.91. The van der Waals surface area contributed by atoms with E-state index in [9.17, 15) is 17.6 Å². The molecule has 0 bridgehead atoms. The average Bonchev–Trinajstić information content (AvgIpc) is 3.18. The van der Waals surface area contributed by atoms with Gasteiger partial charge >= 0.3 is 6.09 Å². The van der Waals surface area contributed by atoms with Gasteiger partial charge in [-0.15, -0.1) is 0 Å². The molecule has 0 aliphatic carbocycles. The number of sulfone groups is 1. The van der Waals surface area contributed by atoms with Gasteiger partial charge in [-0.25, -0.2) is 27.6 Å². The molecule has 1 saturated heterocycles. The molecule has 10 nitrogen and oxygen atoms in total. The van der Waals surface area contributed by atoms with Crippen LogP contribution < -0.4 is 5.32 Å². The Balaban J connectivity index is 1.51. The van der Waals surface area contributed by atoms with E-state index < -0.39 is 21.3 Å². The lowest BCUT2D eigenvalue weighted by Gasteiger charge is -2.33. The average molecular weight is 491 g/mol. The van der Waals surface area contributed by atoms with Crippen LogP contribution in [-0.4, -0.2) is 63.9 Å². The molecule has 182 valence electrons. The summed E-state index contributed by atoms with van der Waals surface area (Å²) in [6.45, 7) is 6.64. The molecule has 1 amide bonds. The molecule has 0 unspecified atom stereocenters. The molecule has 3 aromatic rings. The molecule has 12 heteroatoms. The molecule has 4 rings (SSSR count). The maximum Gasteiger partial charge on any atom is 0.410 e. The van der Waals surface area contributed by atoms with Gasteiger partial charge < -0.3 is 15.0 Å². The van der Waals surface area contributed by atoms with E-state index in [1.807, 2.05) is 20.8 Å².